The molecule has 0 aromatic heterocycles. The summed E-state index contributed by atoms with van der Waals surface area (Å²) in [5.41, 5.74) is -0.441. The maximum absolute atomic E-state index is 11.6. The molecule has 1 aliphatic heterocycles. The standard InChI is InChI=1S/C14H26N2O2/c1-4-15-14(12(17)18)8-6-11(10-14)16-9-5-7-13(16,2)3/h11,15H,4-10H2,1-3H3,(H,17,18). The first kappa shape index (κ1) is 13.8. The molecule has 2 rings (SSSR count). The first-order valence-corrected chi connectivity index (χ1v) is 7.16. The number of nitrogens with one attached hydrogen (secondary N) is 1. The molecule has 2 unspecified atom stereocenters. The van der Waals surface area contributed by atoms with Gasteiger partial charge < -0.3 is 10.4 Å². The third-order valence-electron chi connectivity index (χ3n) is 4.82. The highest BCUT2D eigenvalue weighted by atomic mass is 16.4. The fourth-order valence-corrected chi connectivity index (χ4v) is 3.86. The SMILES string of the molecule is CCNC1(C(=O)O)CCC(N2CCCC2(C)C)C1. The zero-order valence-electron chi connectivity index (χ0n) is 11.8. The van der Waals surface area contributed by atoms with Gasteiger partial charge in [-0.15, -0.1) is 0 Å². The summed E-state index contributed by atoms with van der Waals surface area (Å²) in [6.45, 7) is 8.40. The van der Waals surface area contributed by atoms with E-state index < -0.39 is 11.5 Å². The molecular weight excluding hydrogens is 228 g/mol. The monoisotopic (exact) mass is 254 g/mol. The van der Waals surface area contributed by atoms with Gasteiger partial charge in [0, 0.05) is 11.6 Å². The van der Waals surface area contributed by atoms with Crippen LogP contribution in [0.5, 0.6) is 0 Å². The molecule has 104 valence electrons. The minimum Gasteiger partial charge on any atom is -0.480 e. The molecule has 0 spiro atoms. The molecule has 1 heterocycles. The largest absolute Gasteiger partial charge is 0.480 e. The van der Waals surface area contributed by atoms with E-state index >= 15 is 0 Å². The van der Waals surface area contributed by atoms with Crippen LogP contribution in [0.3, 0.4) is 0 Å². The Labute approximate surface area is 110 Å². The number of hydrogen-bond donors (Lipinski definition) is 2. The van der Waals surface area contributed by atoms with Crippen LogP contribution >= 0.6 is 0 Å². The van der Waals surface area contributed by atoms with Gasteiger partial charge in [-0.05, 0) is 59.0 Å². The third-order valence-corrected chi connectivity index (χ3v) is 4.82. The van der Waals surface area contributed by atoms with Gasteiger partial charge in [0.05, 0.1) is 0 Å². The number of carbonyl (C=O) groups is 1. The van der Waals surface area contributed by atoms with Crippen molar-refractivity contribution in [1.82, 2.24) is 10.2 Å². The molecule has 2 N–H and O–H groups in total. The van der Waals surface area contributed by atoms with Gasteiger partial charge in [0.25, 0.3) is 0 Å². The second kappa shape index (κ2) is 4.82. The second-order valence-corrected chi connectivity index (χ2v) is 6.42. The molecule has 4 nitrogen and oxygen atoms in total. The van der Waals surface area contributed by atoms with Gasteiger partial charge in [-0.2, -0.15) is 0 Å². The molecule has 1 saturated heterocycles. The molecule has 2 aliphatic rings. The predicted octanol–water partition coefficient (Wildman–Crippen LogP) is 1.85. The van der Waals surface area contributed by atoms with Gasteiger partial charge in [0.2, 0.25) is 0 Å². The Balaban J connectivity index is 2.09. The average molecular weight is 254 g/mol. The Morgan fingerprint density at radius 1 is 1.44 bits per heavy atom. The lowest BCUT2D eigenvalue weighted by Crippen LogP contribution is -2.52. The number of likely N-dealkylation sites (tertiary alicyclic amines) is 1. The highest BCUT2D eigenvalue weighted by Gasteiger charge is 2.49. The summed E-state index contributed by atoms with van der Waals surface area (Å²) in [6, 6.07) is 0.428. The molecule has 0 bridgehead atoms. The van der Waals surface area contributed by atoms with E-state index in [1.807, 2.05) is 6.92 Å². The highest BCUT2D eigenvalue weighted by Crippen LogP contribution is 2.40. The summed E-state index contributed by atoms with van der Waals surface area (Å²) in [4.78, 5) is 14.1. The summed E-state index contributed by atoms with van der Waals surface area (Å²) in [7, 11) is 0. The summed E-state index contributed by atoms with van der Waals surface area (Å²) in [5, 5.41) is 12.7. The average Bonchev–Trinajstić information content (AvgIpc) is 2.83. The maximum atomic E-state index is 11.6. The highest BCUT2D eigenvalue weighted by molar-refractivity contribution is 5.79. The Kier molecular flexibility index (Phi) is 3.70. The maximum Gasteiger partial charge on any atom is 0.323 e. The lowest BCUT2D eigenvalue weighted by molar-refractivity contribution is -0.144. The zero-order valence-corrected chi connectivity index (χ0v) is 11.8. The van der Waals surface area contributed by atoms with Gasteiger partial charge in [-0.1, -0.05) is 6.92 Å². The van der Waals surface area contributed by atoms with E-state index in [9.17, 15) is 9.90 Å². The minimum atomic E-state index is -0.682. The van der Waals surface area contributed by atoms with E-state index in [4.69, 9.17) is 0 Å². The van der Waals surface area contributed by atoms with Crippen molar-refractivity contribution < 1.29 is 9.90 Å². The Morgan fingerprint density at radius 3 is 2.67 bits per heavy atom. The quantitative estimate of drug-likeness (QED) is 0.804. The Bertz CT molecular complexity index is 330. The van der Waals surface area contributed by atoms with Crippen LogP contribution in [0, 0.1) is 0 Å². The minimum absolute atomic E-state index is 0.242. The van der Waals surface area contributed by atoms with Crippen molar-refractivity contribution in [3.8, 4) is 0 Å². The van der Waals surface area contributed by atoms with E-state index in [2.05, 4.69) is 24.1 Å². The summed E-state index contributed by atoms with van der Waals surface area (Å²) in [5.74, 6) is -0.677. The molecule has 0 aromatic rings. The van der Waals surface area contributed by atoms with Crippen LogP contribution < -0.4 is 5.32 Å². The molecule has 0 aromatic carbocycles. The fourth-order valence-electron chi connectivity index (χ4n) is 3.86. The smallest absolute Gasteiger partial charge is 0.323 e. The zero-order chi connectivity index (χ0) is 13.4. The molecule has 1 aliphatic carbocycles. The fraction of sp³-hybridized carbons (Fsp3) is 0.929. The lowest BCUT2D eigenvalue weighted by Gasteiger charge is -2.37. The molecule has 2 fully saturated rings. The first-order valence-electron chi connectivity index (χ1n) is 7.16. The van der Waals surface area contributed by atoms with Gasteiger partial charge in [0.15, 0.2) is 0 Å². The van der Waals surface area contributed by atoms with Gasteiger partial charge in [-0.3, -0.25) is 9.69 Å². The van der Waals surface area contributed by atoms with Gasteiger partial charge >= 0.3 is 5.97 Å². The van der Waals surface area contributed by atoms with Crippen LogP contribution in [-0.2, 0) is 4.79 Å². The number of carboxylic acids is 1. The van der Waals surface area contributed by atoms with Crippen LogP contribution in [0.15, 0.2) is 0 Å². The van der Waals surface area contributed by atoms with Crippen molar-refractivity contribution in [3.63, 3.8) is 0 Å². The molecule has 18 heavy (non-hydrogen) atoms. The van der Waals surface area contributed by atoms with Crippen LogP contribution in [0.2, 0.25) is 0 Å². The number of aliphatic carboxylic acids is 1. The summed E-state index contributed by atoms with van der Waals surface area (Å²) in [6.07, 6.45) is 4.98. The number of likely N-dealkylation sites (N-methyl/N-ethyl adjacent to an activating group) is 1. The van der Waals surface area contributed by atoms with Crippen molar-refractivity contribution in [1.29, 1.82) is 0 Å². The summed E-state index contributed by atoms with van der Waals surface area (Å²) >= 11 is 0. The summed E-state index contributed by atoms with van der Waals surface area (Å²) < 4.78 is 0. The normalized spacial score (nSPS) is 36.1. The topological polar surface area (TPSA) is 52.6 Å². The van der Waals surface area contributed by atoms with Crippen molar-refractivity contribution in [3.05, 3.63) is 0 Å². The van der Waals surface area contributed by atoms with Gasteiger partial charge in [0.1, 0.15) is 5.54 Å². The van der Waals surface area contributed by atoms with Crippen molar-refractivity contribution in [2.45, 2.75) is 70.0 Å². The van der Waals surface area contributed by atoms with Gasteiger partial charge in [-0.25, -0.2) is 0 Å². The Hall–Kier alpha value is -0.610. The van der Waals surface area contributed by atoms with Crippen LogP contribution in [0.4, 0.5) is 0 Å². The van der Waals surface area contributed by atoms with Crippen molar-refractivity contribution in [2.75, 3.05) is 13.1 Å². The predicted molar refractivity (Wildman–Crippen MR) is 71.7 cm³/mol. The second-order valence-electron chi connectivity index (χ2n) is 6.42. The molecule has 4 heteroatoms. The van der Waals surface area contributed by atoms with Crippen LogP contribution in [0.25, 0.3) is 0 Å². The number of carboxylic acid groups (broad SMARTS) is 1. The van der Waals surface area contributed by atoms with E-state index in [0.717, 1.165) is 32.4 Å². The molecule has 0 radical (unpaired) electrons. The molecule has 2 atom stereocenters. The van der Waals surface area contributed by atoms with E-state index in [-0.39, 0.29) is 5.54 Å². The van der Waals surface area contributed by atoms with Crippen molar-refractivity contribution >= 4 is 5.97 Å². The Morgan fingerprint density at radius 2 is 2.17 bits per heavy atom. The van der Waals surface area contributed by atoms with E-state index in [0.29, 0.717) is 6.04 Å². The van der Waals surface area contributed by atoms with E-state index in [1.165, 1.54) is 12.8 Å². The third kappa shape index (κ3) is 2.28. The number of hydrogen-bond acceptors (Lipinski definition) is 3. The molecule has 1 saturated carbocycles. The molecular formula is C14H26N2O2. The van der Waals surface area contributed by atoms with Crippen LogP contribution in [-0.4, -0.2) is 46.2 Å². The van der Waals surface area contributed by atoms with Crippen molar-refractivity contribution in [2.24, 2.45) is 0 Å². The first-order chi connectivity index (χ1) is 8.41. The molecule has 0 amide bonds. The number of rotatable bonds is 4. The van der Waals surface area contributed by atoms with E-state index in [1.54, 1.807) is 0 Å². The number of nitrogens with zero attached hydrogens (tertiary/aromatic N) is 1. The lowest BCUT2D eigenvalue weighted by atomic mass is 9.96. The van der Waals surface area contributed by atoms with Crippen LogP contribution in [0.1, 0.15) is 52.9 Å².